The average molecular weight is 199 g/mol. The van der Waals surface area contributed by atoms with Crippen LogP contribution in [0.3, 0.4) is 0 Å². The average Bonchev–Trinajstić information content (AvgIpc) is 2.17. The highest BCUT2D eigenvalue weighted by Crippen LogP contribution is 2.25. The molecule has 84 valence electrons. The first-order valence-corrected chi connectivity index (χ1v) is 5.45. The summed E-state index contributed by atoms with van der Waals surface area (Å²) in [7, 11) is 1.96. The maximum Gasteiger partial charge on any atom is 0.00390 e. The number of hydrogen-bond donors (Lipinski definition) is 3. The van der Waals surface area contributed by atoms with E-state index >= 15 is 0 Å². The molecule has 0 saturated carbocycles. The highest BCUT2D eigenvalue weighted by atomic mass is 14.8. The van der Waals surface area contributed by atoms with Crippen molar-refractivity contribution in [3.63, 3.8) is 0 Å². The van der Waals surface area contributed by atoms with E-state index in [1.165, 1.54) is 0 Å². The molecule has 0 aliphatic heterocycles. The minimum absolute atomic E-state index is 0.208. The quantitative estimate of drug-likeness (QED) is 0.544. The van der Waals surface area contributed by atoms with Crippen molar-refractivity contribution in [3.05, 3.63) is 0 Å². The lowest BCUT2D eigenvalue weighted by molar-refractivity contribution is 0.257. The predicted molar refractivity (Wildman–Crippen MR) is 62.8 cm³/mol. The Labute approximate surface area is 88.0 Å². The van der Waals surface area contributed by atoms with Gasteiger partial charge in [0.05, 0.1) is 0 Å². The van der Waals surface area contributed by atoms with Crippen molar-refractivity contribution in [2.75, 3.05) is 13.6 Å². The summed E-state index contributed by atoms with van der Waals surface area (Å²) in [5, 5.41) is 10.5. The third-order valence-corrected chi connectivity index (χ3v) is 3.17. The van der Waals surface area contributed by atoms with Crippen LogP contribution >= 0.6 is 0 Å². The molecule has 0 aromatic carbocycles. The van der Waals surface area contributed by atoms with E-state index in [4.69, 9.17) is 11.1 Å². The molecular weight excluding hydrogens is 174 g/mol. The van der Waals surface area contributed by atoms with Crippen LogP contribution in [0.2, 0.25) is 0 Å². The van der Waals surface area contributed by atoms with Crippen LogP contribution in [-0.2, 0) is 0 Å². The van der Waals surface area contributed by atoms with Crippen LogP contribution in [0, 0.1) is 23.2 Å². The van der Waals surface area contributed by atoms with Crippen LogP contribution in [0.15, 0.2) is 0 Å². The van der Waals surface area contributed by atoms with Crippen molar-refractivity contribution in [2.45, 2.75) is 33.2 Å². The lowest BCUT2D eigenvalue weighted by Gasteiger charge is -2.30. The summed E-state index contributed by atoms with van der Waals surface area (Å²) >= 11 is 0. The molecule has 0 fully saturated rings. The van der Waals surface area contributed by atoms with Gasteiger partial charge in [-0.15, -0.1) is 0 Å². The second-order valence-corrected chi connectivity index (χ2v) is 4.30. The summed E-state index contributed by atoms with van der Waals surface area (Å²) in [4.78, 5) is 0. The largest absolute Gasteiger partial charge is 0.328 e. The minimum atomic E-state index is 0.208. The Kier molecular flexibility index (Phi) is 6.75. The third-order valence-electron chi connectivity index (χ3n) is 3.17. The first-order chi connectivity index (χ1) is 6.54. The molecule has 0 amide bonds. The normalized spacial score (nSPS) is 19.8. The van der Waals surface area contributed by atoms with Crippen molar-refractivity contribution in [3.8, 4) is 0 Å². The van der Waals surface area contributed by atoms with Crippen LogP contribution in [0.1, 0.15) is 27.2 Å². The molecule has 0 radical (unpaired) electrons. The summed E-state index contributed by atoms with van der Waals surface area (Å²) in [5.41, 5.74) is 5.91. The van der Waals surface area contributed by atoms with Gasteiger partial charge in [-0.1, -0.05) is 13.8 Å². The van der Waals surface area contributed by atoms with E-state index in [1.807, 2.05) is 14.0 Å². The van der Waals surface area contributed by atoms with Crippen molar-refractivity contribution >= 4 is 6.21 Å². The Morgan fingerprint density at radius 1 is 1.36 bits per heavy atom. The molecule has 0 heterocycles. The zero-order chi connectivity index (χ0) is 11.1. The molecule has 0 aromatic heterocycles. The molecule has 3 nitrogen and oxygen atoms in total. The summed E-state index contributed by atoms with van der Waals surface area (Å²) in [6.45, 7) is 7.34. The topological polar surface area (TPSA) is 61.9 Å². The fourth-order valence-corrected chi connectivity index (χ4v) is 1.83. The van der Waals surface area contributed by atoms with Gasteiger partial charge in [0, 0.05) is 6.04 Å². The monoisotopic (exact) mass is 199 g/mol. The number of hydrogen-bond acceptors (Lipinski definition) is 3. The van der Waals surface area contributed by atoms with Crippen molar-refractivity contribution in [1.82, 2.24) is 5.32 Å². The minimum Gasteiger partial charge on any atom is -0.328 e. The lowest BCUT2D eigenvalue weighted by atomic mass is 9.78. The molecule has 0 saturated heterocycles. The molecule has 1 unspecified atom stereocenters. The molecule has 0 bridgehead atoms. The van der Waals surface area contributed by atoms with E-state index in [2.05, 4.69) is 19.2 Å². The Bertz CT molecular complexity index is 157. The van der Waals surface area contributed by atoms with Gasteiger partial charge in [-0.2, -0.15) is 0 Å². The molecule has 0 rings (SSSR count). The first-order valence-electron chi connectivity index (χ1n) is 5.45. The molecule has 0 aromatic rings. The van der Waals surface area contributed by atoms with Crippen molar-refractivity contribution in [1.29, 1.82) is 5.41 Å². The van der Waals surface area contributed by atoms with Gasteiger partial charge in [-0.3, -0.25) is 0 Å². The molecule has 0 aliphatic rings. The van der Waals surface area contributed by atoms with Crippen LogP contribution in [0.5, 0.6) is 0 Å². The number of nitrogens with two attached hydrogens (primary N) is 1. The molecule has 14 heavy (non-hydrogen) atoms. The number of rotatable bonds is 7. The van der Waals surface area contributed by atoms with Crippen LogP contribution in [0.4, 0.5) is 0 Å². The van der Waals surface area contributed by atoms with Gasteiger partial charge in [-0.25, -0.2) is 0 Å². The second-order valence-electron chi connectivity index (χ2n) is 4.30. The highest BCUT2D eigenvalue weighted by molar-refractivity contribution is 5.56. The van der Waals surface area contributed by atoms with E-state index in [9.17, 15) is 0 Å². The van der Waals surface area contributed by atoms with E-state index in [1.54, 1.807) is 6.21 Å². The third kappa shape index (κ3) is 4.20. The maximum absolute atomic E-state index is 7.32. The Morgan fingerprint density at radius 2 is 1.93 bits per heavy atom. The highest BCUT2D eigenvalue weighted by Gasteiger charge is 2.24. The van der Waals surface area contributed by atoms with Crippen molar-refractivity contribution in [2.24, 2.45) is 23.5 Å². The van der Waals surface area contributed by atoms with Crippen LogP contribution < -0.4 is 11.1 Å². The summed E-state index contributed by atoms with van der Waals surface area (Å²) in [6, 6.07) is 0.208. The van der Waals surface area contributed by atoms with Gasteiger partial charge < -0.3 is 16.5 Å². The van der Waals surface area contributed by atoms with Gasteiger partial charge in [0.15, 0.2) is 0 Å². The Hall–Kier alpha value is -0.410. The molecule has 0 spiro atoms. The van der Waals surface area contributed by atoms with Gasteiger partial charge in [-0.05, 0) is 50.9 Å². The lowest BCUT2D eigenvalue weighted by Crippen LogP contribution is -2.35. The zero-order valence-electron chi connectivity index (χ0n) is 9.88. The smallest absolute Gasteiger partial charge is 0.00390 e. The fourth-order valence-electron chi connectivity index (χ4n) is 1.83. The van der Waals surface area contributed by atoms with Gasteiger partial charge in [0.25, 0.3) is 0 Å². The molecular formula is C11H25N3. The summed E-state index contributed by atoms with van der Waals surface area (Å²) < 4.78 is 0. The second kappa shape index (κ2) is 6.96. The van der Waals surface area contributed by atoms with Gasteiger partial charge in [0.2, 0.25) is 0 Å². The van der Waals surface area contributed by atoms with Crippen molar-refractivity contribution < 1.29 is 0 Å². The first kappa shape index (κ1) is 13.6. The standard InChI is InChI=1S/C11H25N3/c1-8(7-12)11(5-6-14-4)9(2)10(3)13/h7-12,14H,5-6,13H2,1-4H3/t8?,9-,10+,11-/m1/s1. The molecule has 0 aliphatic carbocycles. The molecule has 3 heteroatoms. The van der Waals surface area contributed by atoms with Crippen LogP contribution in [0.25, 0.3) is 0 Å². The fraction of sp³-hybridized carbons (Fsp3) is 0.909. The van der Waals surface area contributed by atoms with Gasteiger partial charge >= 0.3 is 0 Å². The number of nitrogens with one attached hydrogen (secondary N) is 2. The molecule has 4 N–H and O–H groups in total. The van der Waals surface area contributed by atoms with Gasteiger partial charge in [0.1, 0.15) is 0 Å². The Balaban J connectivity index is 4.29. The summed E-state index contributed by atoms with van der Waals surface area (Å²) in [6.07, 6.45) is 2.63. The maximum atomic E-state index is 7.32. The predicted octanol–water partition coefficient (Wildman–Crippen LogP) is 1.48. The SMILES string of the molecule is CNCC[C@H](C(C)C=N)[C@H](C)[C@H](C)N. The Morgan fingerprint density at radius 3 is 2.29 bits per heavy atom. The van der Waals surface area contributed by atoms with E-state index in [0.717, 1.165) is 13.0 Å². The van der Waals surface area contributed by atoms with E-state index < -0.39 is 0 Å². The summed E-state index contributed by atoms with van der Waals surface area (Å²) in [5.74, 6) is 1.31. The zero-order valence-corrected chi connectivity index (χ0v) is 9.88. The van der Waals surface area contributed by atoms with Crippen LogP contribution in [-0.4, -0.2) is 25.8 Å². The van der Waals surface area contributed by atoms with E-state index in [0.29, 0.717) is 17.8 Å². The molecule has 4 atom stereocenters. The van der Waals surface area contributed by atoms with E-state index in [-0.39, 0.29) is 6.04 Å².